The average Bonchev–Trinajstić information content (AvgIpc) is 3.81. The number of carbonyl (C=O) groups is 4. The number of hydrogen-bond acceptors (Lipinski definition) is 12. The van der Waals surface area contributed by atoms with E-state index in [-0.39, 0.29) is 65.0 Å². The summed E-state index contributed by atoms with van der Waals surface area (Å²) in [6.45, 7) is 0. The molecule has 15 heteroatoms. The molecule has 0 aliphatic rings. The van der Waals surface area contributed by atoms with Crippen molar-refractivity contribution in [2.75, 3.05) is 32.7 Å². The van der Waals surface area contributed by atoms with Gasteiger partial charge in [0.25, 0.3) is 11.8 Å². The molecule has 8 rings (SSSR count). The van der Waals surface area contributed by atoms with Gasteiger partial charge in [0.05, 0.1) is 32.3 Å². The van der Waals surface area contributed by atoms with E-state index < -0.39 is 21.7 Å². The van der Waals surface area contributed by atoms with Gasteiger partial charge >= 0.3 is 0 Å². The van der Waals surface area contributed by atoms with Crippen molar-refractivity contribution in [3.63, 3.8) is 0 Å². The Morgan fingerprint density at radius 3 is 1.06 bits per heavy atom. The molecule has 8 aromatic rings. The fraction of sp³-hybridized carbons (Fsp3) is 0. The molecule has 0 spiro atoms. The number of nitrogens with two attached hydrogens (primary N) is 2. The third-order valence-electron chi connectivity index (χ3n) is 9.74. The molecule has 2 aromatic heterocycles. The van der Waals surface area contributed by atoms with Crippen LogP contribution in [0.2, 0.25) is 0 Å². The normalized spacial score (nSPS) is 11.0. The lowest BCUT2D eigenvalue weighted by Gasteiger charge is -2.11. The first-order chi connectivity index (χ1) is 30.5. The van der Waals surface area contributed by atoms with E-state index in [1.807, 2.05) is 60.7 Å². The molecule has 0 aliphatic heterocycles. The molecule has 8 N–H and O–H groups in total. The number of amides is 2. The van der Waals surface area contributed by atoms with Gasteiger partial charge in [0.15, 0.2) is 0 Å². The van der Waals surface area contributed by atoms with Gasteiger partial charge in [-0.1, -0.05) is 97.1 Å². The molecular weight excluding hydrogens is 853 g/mol. The maximum atomic E-state index is 13.8. The minimum absolute atomic E-state index is 0.00890. The third kappa shape index (κ3) is 8.97. The zero-order valence-corrected chi connectivity index (χ0v) is 35.4. The quantitative estimate of drug-likeness (QED) is 0.0571. The van der Waals surface area contributed by atoms with Crippen LogP contribution in [-0.4, -0.2) is 31.8 Å². The van der Waals surface area contributed by atoms with Gasteiger partial charge in [-0.15, -0.1) is 22.7 Å². The highest BCUT2D eigenvalue weighted by Crippen LogP contribution is 2.41. The van der Waals surface area contributed by atoms with Gasteiger partial charge < -0.3 is 32.7 Å². The van der Waals surface area contributed by atoms with E-state index in [9.17, 15) is 27.6 Å². The Labute approximate surface area is 370 Å². The Hall–Kier alpha value is -7.85. The van der Waals surface area contributed by atoms with Gasteiger partial charge in [-0.25, -0.2) is 8.42 Å². The molecule has 0 aliphatic carbocycles. The minimum Gasteiger partial charge on any atom is -0.397 e. The number of carbonyl (C=O) groups excluding carboxylic acids is 4. The monoisotopic (exact) mass is 888 g/mol. The van der Waals surface area contributed by atoms with Crippen LogP contribution in [0.25, 0.3) is 0 Å². The maximum Gasteiger partial charge on any atom is 0.260 e. The van der Waals surface area contributed by atoms with Gasteiger partial charge in [-0.05, 0) is 72.8 Å². The number of hydrogen-bond donors (Lipinski definition) is 6. The van der Waals surface area contributed by atoms with E-state index in [0.717, 1.165) is 22.7 Å². The smallest absolute Gasteiger partial charge is 0.260 e. The second-order valence-corrected chi connectivity index (χ2v) is 17.9. The lowest BCUT2D eigenvalue weighted by molar-refractivity contribution is 0.101. The molecule has 0 unspecified atom stereocenters. The van der Waals surface area contributed by atoms with Crippen LogP contribution >= 0.6 is 22.7 Å². The summed E-state index contributed by atoms with van der Waals surface area (Å²) < 4.78 is 27.5. The van der Waals surface area contributed by atoms with Crippen molar-refractivity contribution in [1.29, 1.82) is 0 Å². The standard InChI is InChI=1S/C48H36N6O6S3/c49-39-37(47(53-31-17-9-3-10-18-31)61-43(39)41(55)29-13-5-1-6-14-29)45(57)51-33-21-25-35(26-22-33)63(59,60)36-27-23-34(24-28-36)52-46(58)38-40(50)44(42(56)30-15-7-2-8-16-30)62-48(38)54-32-19-11-4-12-20-32/h1-28,53-54H,49-50H2,(H,51,57)(H,52,58). The van der Waals surface area contributed by atoms with Crippen LogP contribution in [0.3, 0.4) is 0 Å². The predicted molar refractivity (Wildman–Crippen MR) is 251 cm³/mol. The van der Waals surface area contributed by atoms with Gasteiger partial charge in [-0.2, -0.15) is 0 Å². The zero-order valence-electron chi connectivity index (χ0n) is 33.0. The molecule has 2 heterocycles. The summed E-state index contributed by atoms with van der Waals surface area (Å²) in [6, 6.07) is 46.7. The number of nitrogen functional groups attached to an aromatic ring is 2. The molecule has 0 fully saturated rings. The second kappa shape index (κ2) is 18.0. The molecule has 0 saturated heterocycles. The number of para-hydroxylation sites is 2. The van der Waals surface area contributed by atoms with Gasteiger partial charge in [0.2, 0.25) is 21.4 Å². The number of ketones is 2. The molecule has 0 saturated carbocycles. The highest BCUT2D eigenvalue weighted by Gasteiger charge is 2.29. The maximum absolute atomic E-state index is 13.8. The first kappa shape index (κ1) is 41.9. The summed E-state index contributed by atoms with van der Waals surface area (Å²) in [4.78, 5) is 54.9. The number of sulfone groups is 1. The predicted octanol–water partition coefficient (Wildman–Crippen LogP) is 10.3. The first-order valence-corrected chi connectivity index (χ1v) is 22.4. The van der Waals surface area contributed by atoms with Crippen LogP contribution in [-0.2, 0) is 9.84 Å². The number of benzene rings is 6. The van der Waals surface area contributed by atoms with Crippen molar-refractivity contribution in [2.45, 2.75) is 9.79 Å². The van der Waals surface area contributed by atoms with Crippen molar-refractivity contribution in [2.24, 2.45) is 0 Å². The fourth-order valence-corrected chi connectivity index (χ4v) is 10.0. The highest BCUT2D eigenvalue weighted by molar-refractivity contribution is 7.91. The summed E-state index contributed by atoms with van der Waals surface area (Å²) in [6.07, 6.45) is 0. The van der Waals surface area contributed by atoms with Gasteiger partial charge in [-0.3, -0.25) is 19.2 Å². The fourth-order valence-electron chi connectivity index (χ4n) is 6.56. The van der Waals surface area contributed by atoms with Crippen molar-refractivity contribution >= 4 is 100 Å². The average molecular weight is 889 g/mol. The number of rotatable bonds is 14. The number of anilines is 8. The summed E-state index contributed by atoms with van der Waals surface area (Å²) in [5.41, 5.74) is 15.9. The first-order valence-electron chi connectivity index (χ1n) is 19.2. The van der Waals surface area contributed by atoms with Crippen molar-refractivity contribution < 1.29 is 27.6 Å². The van der Waals surface area contributed by atoms with Crippen molar-refractivity contribution in [3.05, 3.63) is 202 Å². The summed E-state index contributed by atoms with van der Waals surface area (Å²) in [5, 5.41) is 12.7. The van der Waals surface area contributed by atoms with Crippen LogP contribution in [0, 0.1) is 0 Å². The van der Waals surface area contributed by atoms with E-state index >= 15 is 0 Å². The second-order valence-electron chi connectivity index (χ2n) is 13.9. The van der Waals surface area contributed by atoms with Crippen molar-refractivity contribution in [3.8, 4) is 0 Å². The SMILES string of the molecule is Nc1c(C(=O)c2ccccc2)sc(Nc2ccccc2)c1C(=O)Nc1ccc(S(=O)(=O)c2ccc(NC(=O)c3c(Nc4ccccc4)sc(C(=O)c4ccccc4)c3N)cc2)cc1. The lowest BCUT2D eigenvalue weighted by Crippen LogP contribution is -2.15. The van der Waals surface area contributed by atoms with Crippen LogP contribution in [0.1, 0.15) is 51.2 Å². The van der Waals surface area contributed by atoms with Crippen molar-refractivity contribution in [1.82, 2.24) is 0 Å². The Balaban J connectivity index is 0.990. The Morgan fingerprint density at radius 2 is 0.730 bits per heavy atom. The highest BCUT2D eigenvalue weighted by atomic mass is 32.2. The lowest BCUT2D eigenvalue weighted by atomic mass is 10.1. The molecule has 0 radical (unpaired) electrons. The molecule has 0 bridgehead atoms. The number of thiophene rings is 2. The van der Waals surface area contributed by atoms with E-state index in [2.05, 4.69) is 21.3 Å². The summed E-state index contributed by atoms with van der Waals surface area (Å²) >= 11 is 2.12. The van der Waals surface area contributed by atoms with E-state index in [4.69, 9.17) is 11.5 Å². The summed E-state index contributed by atoms with van der Waals surface area (Å²) in [7, 11) is -4.05. The van der Waals surface area contributed by atoms with Crippen LogP contribution in [0.15, 0.2) is 180 Å². The van der Waals surface area contributed by atoms with E-state index in [1.165, 1.54) is 48.5 Å². The molecule has 0 atom stereocenters. The van der Waals surface area contributed by atoms with Crippen LogP contribution < -0.4 is 32.7 Å². The molecule has 312 valence electrons. The molecular formula is C48H36N6O6S3. The molecule has 63 heavy (non-hydrogen) atoms. The summed E-state index contributed by atoms with van der Waals surface area (Å²) in [5.74, 6) is -1.87. The topological polar surface area (TPSA) is 203 Å². The molecule has 12 nitrogen and oxygen atoms in total. The Bertz CT molecular complexity index is 2880. The largest absolute Gasteiger partial charge is 0.397 e. The van der Waals surface area contributed by atoms with Gasteiger partial charge in [0, 0.05) is 33.9 Å². The minimum atomic E-state index is -4.05. The zero-order chi connectivity index (χ0) is 44.1. The van der Waals surface area contributed by atoms with Crippen LogP contribution in [0.4, 0.5) is 44.1 Å². The van der Waals surface area contributed by atoms with Gasteiger partial charge in [0.1, 0.15) is 19.8 Å². The van der Waals surface area contributed by atoms with E-state index in [1.54, 1.807) is 60.7 Å². The third-order valence-corrected chi connectivity index (χ3v) is 13.8. The number of nitrogens with one attached hydrogen (secondary N) is 4. The molecule has 6 aromatic carbocycles. The molecule has 2 amide bonds. The van der Waals surface area contributed by atoms with Crippen LogP contribution in [0.5, 0.6) is 0 Å². The van der Waals surface area contributed by atoms with E-state index in [0.29, 0.717) is 32.5 Å². The Kier molecular flexibility index (Phi) is 12.0. The Morgan fingerprint density at radius 1 is 0.413 bits per heavy atom.